The van der Waals surface area contributed by atoms with E-state index in [2.05, 4.69) is 6.92 Å². The van der Waals surface area contributed by atoms with Crippen LogP contribution in [0.2, 0.25) is 0 Å². The number of nitrogens with zero attached hydrogens (tertiary/aromatic N) is 1. The van der Waals surface area contributed by atoms with E-state index in [1.54, 1.807) is 0 Å². The van der Waals surface area contributed by atoms with Crippen molar-refractivity contribution in [3.8, 4) is 0 Å². The molecule has 1 amide bonds. The molecule has 1 aromatic rings. The van der Waals surface area contributed by atoms with Crippen molar-refractivity contribution in [3.63, 3.8) is 0 Å². The van der Waals surface area contributed by atoms with Crippen LogP contribution < -0.4 is 4.90 Å². The molecule has 1 aromatic heterocycles. The van der Waals surface area contributed by atoms with E-state index in [0.29, 0.717) is 50.1 Å². The molecule has 0 aromatic carbocycles. The second kappa shape index (κ2) is 10.0. The van der Waals surface area contributed by atoms with Crippen LogP contribution in [0.25, 0.3) is 0 Å². The maximum Gasteiger partial charge on any atom is 0.348 e. The molecule has 3 saturated carbocycles. The van der Waals surface area contributed by atoms with E-state index in [1.165, 1.54) is 11.3 Å². The summed E-state index contributed by atoms with van der Waals surface area (Å²) >= 11 is 1.28. The van der Waals surface area contributed by atoms with Gasteiger partial charge in [-0.25, -0.2) is 4.79 Å². The van der Waals surface area contributed by atoms with Gasteiger partial charge in [-0.15, -0.1) is 11.3 Å². The molecule has 0 unspecified atom stereocenters. The van der Waals surface area contributed by atoms with Crippen LogP contribution in [0.4, 0.5) is 5.69 Å². The third-order valence-corrected chi connectivity index (χ3v) is 9.04. The summed E-state index contributed by atoms with van der Waals surface area (Å²) < 4.78 is 0. The highest BCUT2D eigenvalue weighted by atomic mass is 32.1. The van der Waals surface area contributed by atoms with Crippen LogP contribution in [-0.2, 0) is 9.59 Å². The zero-order valence-corrected chi connectivity index (χ0v) is 19.7. The standard InChI is InChI=1S/C25H35NO5S/c1-15-2-4-17(5-3-15)24(29)26(18-8-12-20(28)13-9-18)21-14-22(32-23(21)25(30)31)16-6-10-19(27)11-7-16/h14-18,20,28H,2-13H2,1H3,(H,30,31)/t15-,17-,18-,20-. The third-order valence-electron chi connectivity index (χ3n) is 7.76. The van der Waals surface area contributed by atoms with Crippen molar-refractivity contribution in [3.05, 3.63) is 15.8 Å². The van der Waals surface area contributed by atoms with Crippen molar-refractivity contribution in [2.75, 3.05) is 4.90 Å². The first kappa shape index (κ1) is 23.4. The minimum atomic E-state index is -0.992. The molecular weight excluding hydrogens is 426 g/mol. The Kier molecular flexibility index (Phi) is 7.35. The number of aromatic carboxylic acids is 1. The Morgan fingerprint density at radius 1 is 0.969 bits per heavy atom. The highest BCUT2D eigenvalue weighted by Crippen LogP contribution is 2.43. The van der Waals surface area contributed by atoms with Gasteiger partial charge in [-0.3, -0.25) is 9.59 Å². The van der Waals surface area contributed by atoms with E-state index in [-0.39, 0.29) is 40.5 Å². The fourth-order valence-electron chi connectivity index (χ4n) is 5.67. The average Bonchev–Trinajstić information content (AvgIpc) is 3.21. The molecule has 32 heavy (non-hydrogen) atoms. The lowest BCUT2D eigenvalue weighted by Crippen LogP contribution is -2.47. The Morgan fingerprint density at radius 2 is 1.59 bits per heavy atom. The summed E-state index contributed by atoms with van der Waals surface area (Å²) in [5, 5.41) is 20.0. The molecule has 0 bridgehead atoms. The first-order valence-electron chi connectivity index (χ1n) is 12.2. The van der Waals surface area contributed by atoms with Gasteiger partial charge in [0.15, 0.2) is 0 Å². The van der Waals surface area contributed by atoms with Gasteiger partial charge in [0, 0.05) is 29.7 Å². The van der Waals surface area contributed by atoms with Crippen molar-refractivity contribution in [1.29, 1.82) is 0 Å². The third kappa shape index (κ3) is 5.09. The minimum Gasteiger partial charge on any atom is -0.477 e. The number of aliphatic hydroxyl groups excluding tert-OH is 1. The lowest BCUT2D eigenvalue weighted by atomic mass is 9.81. The van der Waals surface area contributed by atoms with Gasteiger partial charge in [-0.2, -0.15) is 0 Å². The number of carboxylic acid groups (broad SMARTS) is 1. The number of thiophene rings is 1. The van der Waals surface area contributed by atoms with Crippen LogP contribution in [0.3, 0.4) is 0 Å². The quantitative estimate of drug-likeness (QED) is 0.633. The summed E-state index contributed by atoms with van der Waals surface area (Å²) in [6.07, 6.45) is 8.70. The van der Waals surface area contributed by atoms with E-state index in [1.807, 2.05) is 11.0 Å². The first-order valence-corrected chi connectivity index (χ1v) is 13.0. The van der Waals surface area contributed by atoms with Gasteiger partial charge < -0.3 is 15.1 Å². The normalized spacial score (nSPS) is 29.6. The zero-order valence-electron chi connectivity index (χ0n) is 18.9. The van der Waals surface area contributed by atoms with Gasteiger partial charge >= 0.3 is 5.97 Å². The van der Waals surface area contributed by atoms with Crippen molar-refractivity contribution < 1.29 is 24.6 Å². The molecule has 3 fully saturated rings. The van der Waals surface area contributed by atoms with Crippen LogP contribution >= 0.6 is 11.3 Å². The van der Waals surface area contributed by atoms with Gasteiger partial charge in [-0.1, -0.05) is 6.92 Å². The van der Waals surface area contributed by atoms with Crippen LogP contribution in [-0.4, -0.2) is 40.0 Å². The lowest BCUT2D eigenvalue weighted by Gasteiger charge is -2.38. The number of anilines is 1. The Labute approximate surface area is 194 Å². The number of hydrogen-bond acceptors (Lipinski definition) is 5. The molecule has 6 nitrogen and oxygen atoms in total. The number of carboxylic acids is 1. The highest BCUT2D eigenvalue weighted by molar-refractivity contribution is 7.14. The molecule has 7 heteroatoms. The van der Waals surface area contributed by atoms with Gasteiger partial charge in [0.2, 0.25) is 5.91 Å². The molecule has 0 spiro atoms. The smallest absolute Gasteiger partial charge is 0.348 e. The number of ketones is 1. The minimum absolute atomic E-state index is 0.0592. The predicted octanol–water partition coefficient (Wildman–Crippen LogP) is 5.14. The van der Waals surface area contributed by atoms with Crippen LogP contribution in [0.5, 0.6) is 0 Å². The van der Waals surface area contributed by atoms with Crippen LogP contribution in [0.1, 0.15) is 104 Å². The van der Waals surface area contributed by atoms with Crippen LogP contribution in [0.15, 0.2) is 6.07 Å². The fraction of sp³-hybridized carbons (Fsp3) is 0.720. The van der Waals surface area contributed by atoms with E-state index < -0.39 is 5.97 Å². The topological polar surface area (TPSA) is 94.9 Å². The summed E-state index contributed by atoms with van der Waals surface area (Å²) in [6.45, 7) is 2.23. The Hall–Kier alpha value is -1.73. The highest BCUT2D eigenvalue weighted by Gasteiger charge is 2.38. The number of hydrogen-bond donors (Lipinski definition) is 2. The molecular formula is C25H35NO5S. The summed E-state index contributed by atoms with van der Waals surface area (Å²) in [7, 11) is 0. The summed E-state index contributed by atoms with van der Waals surface area (Å²) in [5.74, 6) is 0.104. The van der Waals surface area contributed by atoms with Crippen molar-refractivity contribution >= 4 is 34.7 Å². The van der Waals surface area contributed by atoms with Gasteiger partial charge in [-0.05, 0) is 82.1 Å². The largest absolute Gasteiger partial charge is 0.477 e. The predicted molar refractivity (Wildman–Crippen MR) is 124 cm³/mol. The number of carbonyl (C=O) groups is 3. The fourth-order valence-corrected chi connectivity index (χ4v) is 6.83. The SMILES string of the molecule is C[C@H]1CC[C@H](C(=O)N(c2cc(C3CCC(=O)CC3)sc2C(=O)O)[C@H]2CC[C@H](O)CC2)CC1. The van der Waals surface area contributed by atoms with E-state index in [4.69, 9.17) is 0 Å². The summed E-state index contributed by atoms with van der Waals surface area (Å²) in [5.41, 5.74) is 0.541. The molecule has 2 N–H and O–H groups in total. The number of carbonyl (C=O) groups excluding carboxylic acids is 2. The molecule has 4 rings (SSSR count). The van der Waals surface area contributed by atoms with E-state index >= 15 is 0 Å². The molecule has 0 aliphatic heterocycles. The Bertz CT molecular complexity index is 839. The number of rotatable bonds is 5. The molecule has 3 aliphatic rings. The number of aliphatic hydroxyl groups is 1. The molecule has 176 valence electrons. The Morgan fingerprint density at radius 3 is 2.19 bits per heavy atom. The van der Waals surface area contributed by atoms with Gasteiger partial charge in [0.1, 0.15) is 10.7 Å². The maximum absolute atomic E-state index is 13.8. The molecule has 3 aliphatic carbocycles. The van der Waals surface area contributed by atoms with Gasteiger partial charge in [0.05, 0.1) is 11.8 Å². The monoisotopic (exact) mass is 461 g/mol. The molecule has 0 radical (unpaired) electrons. The van der Waals surface area contributed by atoms with Gasteiger partial charge in [0.25, 0.3) is 0 Å². The van der Waals surface area contributed by atoms with Crippen molar-refractivity contribution in [2.45, 2.75) is 102 Å². The maximum atomic E-state index is 13.8. The summed E-state index contributed by atoms with van der Waals surface area (Å²) in [6, 6.07) is 1.86. The average molecular weight is 462 g/mol. The molecule has 0 saturated heterocycles. The number of amides is 1. The summed E-state index contributed by atoms with van der Waals surface area (Å²) in [4.78, 5) is 40.8. The lowest BCUT2D eigenvalue weighted by molar-refractivity contribution is -0.124. The number of Topliss-reactive ketones (excluding diaryl/α,β-unsaturated/α-hetero) is 1. The van der Waals surface area contributed by atoms with Crippen molar-refractivity contribution in [1.82, 2.24) is 0 Å². The van der Waals surface area contributed by atoms with E-state index in [0.717, 1.165) is 43.4 Å². The second-order valence-electron chi connectivity index (χ2n) is 10.1. The second-order valence-corrected chi connectivity index (χ2v) is 11.2. The van der Waals surface area contributed by atoms with E-state index in [9.17, 15) is 24.6 Å². The molecule has 0 atom stereocenters. The Balaban J connectivity index is 1.67. The van der Waals surface area contributed by atoms with Crippen molar-refractivity contribution in [2.24, 2.45) is 11.8 Å². The zero-order chi connectivity index (χ0) is 22.8. The van der Waals surface area contributed by atoms with Crippen LogP contribution in [0, 0.1) is 11.8 Å². The first-order chi connectivity index (χ1) is 15.3. The molecule has 1 heterocycles.